The van der Waals surface area contributed by atoms with Crippen molar-refractivity contribution in [2.75, 3.05) is 20.1 Å². The molecular weight excluding hydrogens is 280 g/mol. The van der Waals surface area contributed by atoms with E-state index in [1.165, 1.54) is 15.3 Å². The van der Waals surface area contributed by atoms with E-state index in [0.29, 0.717) is 18.4 Å². The molecule has 0 aliphatic rings. The van der Waals surface area contributed by atoms with Gasteiger partial charge >= 0.3 is 0 Å². The van der Waals surface area contributed by atoms with Gasteiger partial charge in [-0.3, -0.25) is 4.68 Å². The molecule has 9 heteroatoms. The van der Waals surface area contributed by atoms with Gasteiger partial charge in [0.05, 0.1) is 6.54 Å². The van der Waals surface area contributed by atoms with Crippen LogP contribution < -0.4 is 10.0 Å². The Labute approximate surface area is 120 Å². The Morgan fingerprint density at radius 1 is 1.45 bits per heavy atom. The van der Waals surface area contributed by atoms with E-state index in [9.17, 15) is 8.42 Å². The third-order valence-electron chi connectivity index (χ3n) is 2.67. The van der Waals surface area contributed by atoms with Gasteiger partial charge in [-0.05, 0) is 13.0 Å². The summed E-state index contributed by atoms with van der Waals surface area (Å²) in [6.45, 7) is 5.46. The SMILES string of the molecule is CC(C)NCCCN(C)S(=O)(=O)NCc1ncn(C)n1. The van der Waals surface area contributed by atoms with E-state index in [1.807, 2.05) is 0 Å². The van der Waals surface area contributed by atoms with Crippen molar-refractivity contribution in [3.05, 3.63) is 12.2 Å². The number of aromatic nitrogens is 3. The van der Waals surface area contributed by atoms with Crippen LogP contribution in [-0.2, 0) is 23.8 Å². The summed E-state index contributed by atoms with van der Waals surface area (Å²) >= 11 is 0. The summed E-state index contributed by atoms with van der Waals surface area (Å²) in [6.07, 6.45) is 2.29. The smallest absolute Gasteiger partial charge is 0.279 e. The molecule has 2 N–H and O–H groups in total. The van der Waals surface area contributed by atoms with Crippen LogP contribution in [0.5, 0.6) is 0 Å². The molecule has 0 fully saturated rings. The fourth-order valence-electron chi connectivity index (χ4n) is 1.54. The van der Waals surface area contributed by atoms with Crippen molar-refractivity contribution in [1.82, 2.24) is 29.1 Å². The molecule has 0 unspecified atom stereocenters. The molecule has 0 amide bonds. The highest BCUT2D eigenvalue weighted by molar-refractivity contribution is 7.87. The molecule has 0 saturated heterocycles. The lowest BCUT2D eigenvalue weighted by molar-refractivity contribution is 0.438. The van der Waals surface area contributed by atoms with Gasteiger partial charge in [-0.15, -0.1) is 0 Å². The van der Waals surface area contributed by atoms with Gasteiger partial charge < -0.3 is 5.32 Å². The van der Waals surface area contributed by atoms with Crippen LogP contribution in [0.1, 0.15) is 26.1 Å². The van der Waals surface area contributed by atoms with E-state index in [4.69, 9.17) is 0 Å². The van der Waals surface area contributed by atoms with Gasteiger partial charge in [0.15, 0.2) is 5.82 Å². The lowest BCUT2D eigenvalue weighted by Gasteiger charge is -2.17. The monoisotopic (exact) mass is 304 g/mol. The fraction of sp³-hybridized carbons (Fsp3) is 0.818. The summed E-state index contributed by atoms with van der Waals surface area (Å²) in [5, 5.41) is 7.27. The Hall–Kier alpha value is -1.03. The average molecular weight is 304 g/mol. The minimum atomic E-state index is -3.48. The topological polar surface area (TPSA) is 92.2 Å². The molecule has 0 spiro atoms. The number of hydrogen-bond acceptors (Lipinski definition) is 5. The summed E-state index contributed by atoms with van der Waals surface area (Å²) in [5.74, 6) is 0.450. The average Bonchev–Trinajstić information content (AvgIpc) is 2.77. The second-order valence-electron chi connectivity index (χ2n) is 4.94. The molecule has 0 atom stereocenters. The first kappa shape index (κ1) is 17.0. The van der Waals surface area contributed by atoms with Gasteiger partial charge in [-0.25, -0.2) is 4.98 Å². The fourth-order valence-corrected chi connectivity index (χ4v) is 2.44. The summed E-state index contributed by atoms with van der Waals surface area (Å²) in [7, 11) is -0.190. The van der Waals surface area contributed by atoms with Crippen LogP contribution in [0.3, 0.4) is 0 Å². The summed E-state index contributed by atoms with van der Waals surface area (Å²) in [5.41, 5.74) is 0. The Kier molecular flexibility index (Phi) is 6.53. The minimum absolute atomic E-state index is 0.0950. The number of hydrogen-bond donors (Lipinski definition) is 2. The van der Waals surface area contributed by atoms with Gasteiger partial charge in [-0.2, -0.15) is 22.5 Å². The van der Waals surface area contributed by atoms with Gasteiger partial charge in [0.2, 0.25) is 0 Å². The Balaban J connectivity index is 2.35. The summed E-state index contributed by atoms with van der Waals surface area (Å²) in [6, 6.07) is 0.408. The van der Waals surface area contributed by atoms with Crippen LogP contribution in [0.15, 0.2) is 6.33 Å². The Morgan fingerprint density at radius 3 is 2.70 bits per heavy atom. The van der Waals surface area contributed by atoms with E-state index in [2.05, 4.69) is 34.0 Å². The predicted molar refractivity (Wildman–Crippen MR) is 77.1 cm³/mol. The zero-order chi connectivity index (χ0) is 15.2. The van der Waals surface area contributed by atoms with Crippen LogP contribution in [0, 0.1) is 0 Å². The molecule has 0 aliphatic carbocycles. The maximum atomic E-state index is 12.0. The van der Waals surface area contributed by atoms with Gasteiger partial charge in [0, 0.05) is 26.7 Å². The molecular formula is C11H24N6O2S. The molecule has 0 aliphatic heterocycles. The molecule has 1 rings (SSSR count). The standard InChI is InChI=1S/C11H24N6O2S/c1-10(2)12-6-5-7-17(4)20(18,19)14-8-11-13-9-16(3)15-11/h9-10,12,14H,5-8H2,1-4H3. The van der Waals surface area contributed by atoms with Crippen molar-refractivity contribution in [2.45, 2.75) is 32.9 Å². The zero-order valence-corrected chi connectivity index (χ0v) is 13.3. The van der Waals surface area contributed by atoms with Crippen LogP contribution in [0.25, 0.3) is 0 Å². The first-order valence-corrected chi connectivity index (χ1v) is 8.04. The van der Waals surface area contributed by atoms with Crippen LogP contribution in [0.4, 0.5) is 0 Å². The Bertz CT molecular complexity index is 499. The van der Waals surface area contributed by atoms with Crippen molar-refractivity contribution in [2.24, 2.45) is 7.05 Å². The van der Waals surface area contributed by atoms with E-state index < -0.39 is 10.2 Å². The second kappa shape index (κ2) is 7.67. The lowest BCUT2D eigenvalue weighted by Crippen LogP contribution is -2.39. The third-order valence-corrected chi connectivity index (χ3v) is 4.18. The number of nitrogens with one attached hydrogen (secondary N) is 2. The molecule has 0 radical (unpaired) electrons. The van der Waals surface area contributed by atoms with Crippen molar-refractivity contribution >= 4 is 10.2 Å². The maximum absolute atomic E-state index is 12.0. The van der Waals surface area contributed by atoms with E-state index in [1.54, 1.807) is 14.1 Å². The third kappa shape index (κ3) is 5.95. The molecule has 116 valence electrons. The van der Waals surface area contributed by atoms with Crippen molar-refractivity contribution < 1.29 is 8.42 Å². The first-order valence-electron chi connectivity index (χ1n) is 6.60. The van der Waals surface area contributed by atoms with E-state index in [0.717, 1.165) is 13.0 Å². The highest BCUT2D eigenvalue weighted by Crippen LogP contribution is 1.97. The highest BCUT2D eigenvalue weighted by atomic mass is 32.2. The number of nitrogens with zero attached hydrogens (tertiary/aromatic N) is 4. The summed E-state index contributed by atoms with van der Waals surface area (Å²) < 4.78 is 29.3. The normalized spacial score (nSPS) is 12.5. The second-order valence-corrected chi connectivity index (χ2v) is 6.81. The van der Waals surface area contributed by atoms with Crippen molar-refractivity contribution in [1.29, 1.82) is 0 Å². The molecule has 0 aromatic carbocycles. The number of rotatable bonds is 9. The molecule has 0 saturated carbocycles. The molecule has 0 bridgehead atoms. The van der Waals surface area contributed by atoms with E-state index >= 15 is 0 Å². The first-order chi connectivity index (χ1) is 9.31. The lowest BCUT2D eigenvalue weighted by atomic mass is 10.3. The van der Waals surface area contributed by atoms with Crippen molar-refractivity contribution in [3.8, 4) is 0 Å². The largest absolute Gasteiger partial charge is 0.314 e. The highest BCUT2D eigenvalue weighted by Gasteiger charge is 2.17. The predicted octanol–water partition coefficient (Wildman–Crippen LogP) is -0.531. The van der Waals surface area contributed by atoms with Crippen LogP contribution in [-0.4, -0.2) is 53.7 Å². The summed E-state index contributed by atoms with van der Waals surface area (Å²) in [4.78, 5) is 3.97. The molecule has 20 heavy (non-hydrogen) atoms. The molecule has 1 heterocycles. The quantitative estimate of drug-likeness (QED) is 0.598. The van der Waals surface area contributed by atoms with E-state index in [-0.39, 0.29) is 6.54 Å². The van der Waals surface area contributed by atoms with Gasteiger partial charge in [0.1, 0.15) is 6.33 Å². The van der Waals surface area contributed by atoms with Crippen LogP contribution >= 0.6 is 0 Å². The van der Waals surface area contributed by atoms with Gasteiger partial charge in [0.25, 0.3) is 10.2 Å². The molecule has 8 nitrogen and oxygen atoms in total. The minimum Gasteiger partial charge on any atom is -0.314 e. The molecule has 1 aromatic rings. The number of aryl methyl sites for hydroxylation is 1. The van der Waals surface area contributed by atoms with Crippen molar-refractivity contribution in [3.63, 3.8) is 0 Å². The van der Waals surface area contributed by atoms with Gasteiger partial charge in [-0.1, -0.05) is 13.8 Å². The maximum Gasteiger partial charge on any atom is 0.279 e. The zero-order valence-electron chi connectivity index (χ0n) is 12.5. The molecule has 1 aromatic heterocycles. The Morgan fingerprint density at radius 2 is 2.15 bits per heavy atom. The van der Waals surface area contributed by atoms with Crippen LogP contribution in [0.2, 0.25) is 0 Å².